The first-order valence-electron chi connectivity index (χ1n) is 3.82. The van der Waals surface area contributed by atoms with E-state index >= 15 is 0 Å². The molecule has 1 unspecified atom stereocenters. The van der Waals surface area contributed by atoms with Crippen LogP contribution in [0.3, 0.4) is 0 Å². The number of carboxylic acid groups (broad SMARTS) is 1. The number of benzene rings is 1. The van der Waals surface area contributed by atoms with Gasteiger partial charge in [-0.05, 0) is 17.6 Å². The topological polar surface area (TPSA) is 63.1 Å². The molecule has 0 saturated heterocycles. The van der Waals surface area contributed by atoms with Crippen molar-refractivity contribution in [3.8, 4) is 0 Å². The maximum absolute atomic E-state index is 10.7. The molecular formula is C8H6N2O2S2. The van der Waals surface area contributed by atoms with Crippen molar-refractivity contribution in [3.63, 3.8) is 0 Å². The quantitative estimate of drug-likeness (QED) is 0.766. The lowest BCUT2D eigenvalue weighted by Crippen LogP contribution is -2.05. The van der Waals surface area contributed by atoms with Crippen LogP contribution in [0.2, 0.25) is 0 Å². The number of carbonyl (C=O) groups is 1. The number of nitrogens with zero attached hydrogens (tertiary/aromatic N) is 2. The summed E-state index contributed by atoms with van der Waals surface area (Å²) in [6.45, 7) is 0. The van der Waals surface area contributed by atoms with Gasteiger partial charge in [-0.1, -0.05) is 16.6 Å². The van der Waals surface area contributed by atoms with E-state index in [-0.39, 0.29) is 0 Å². The third-order valence-electron chi connectivity index (χ3n) is 1.84. The average Bonchev–Trinajstić information content (AvgIpc) is 2.63. The lowest BCUT2D eigenvalue weighted by Gasteiger charge is -2.04. The number of hydrogen-bond donors (Lipinski definition) is 2. The van der Waals surface area contributed by atoms with Crippen molar-refractivity contribution >= 4 is 40.3 Å². The summed E-state index contributed by atoms with van der Waals surface area (Å²) in [5.41, 5.74) is 1.21. The van der Waals surface area contributed by atoms with E-state index in [2.05, 4.69) is 22.2 Å². The van der Waals surface area contributed by atoms with Crippen LogP contribution >= 0.6 is 24.2 Å². The highest BCUT2D eigenvalue weighted by atomic mass is 32.1. The smallest absolute Gasteiger partial charge is 0.320 e. The number of carboxylic acids is 1. The second-order valence-electron chi connectivity index (χ2n) is 2.71. The van der Waals surface area contributed by atoms with Crippen LogP contribution in [-0.2, 0) is 4.79 Å². The van der Waals surface area contributed by atoms with E-state index in [0.717, 1.165) is 4.70 Å². The third-order valence-corrected chi connectivity index (χ3v) is 3.03. The molecule has 0 spiro atoms. The van der Waals surface area contributed by atoms with E-state index in [1.807, 2.05) is 6.07 Å². The van der Waals surface area contributed by atoms with Crippen LogP contribution in [0.15, 0.2) is 18.2 Å². The fraction of sp³-hybridized carbons (Fsp3) is 0.125. The van der Waals surface area contributed by atoms with Crippen LogP contribution in [0.25, 0.3) is 10.2 Å². The zero-order chi connectivity index (χ0) is 10.1. The molecule has 0 amide bonds. The predicted molar refractivity (Wildman–Crippen MR) is 56.8 cm³/mol. The van der Waals surface area contributed by atoms with Gasteiger partial charge in [-0.25, -0.2) is 0 Å². The monoisotopic (exact) mass is 226 g/mol. The number of rotatable bonds is 2. The lowest BCUT2D eigenvalue weighted by atomic mass is 10.1. The highest BCUT2D eigenvalue weighted by Gasteiger charge is 2.18. The molecular weight excluding hydrogens is 220 g/mol. The highest BCUT2D eigenvalue weighted by molar-refractivity contribution is 7.81. The summed E-state index contributed by atoms with van der Waals surface area (Å²) in [6, 6.07) is 5.34. The van der Waals surface area contributed by atoms with Gasteiger partial charge in [-0.2, -0.15) is 12.6 Å². The van der Waals surface area contributed by atoms with E-state index in [1.54, 1.807) is 12.1 Å². The molecule has 0 radical (unpaired) electrons. The second kappa shape index (κ2) is 3.55. The summed E-state index contributed by atoms with van der Waals surface area (Å²) in [4.78, 5) is 10.7. The van der Waals surface area contributed by atoms with Gasteiger partial charge in [0, 0.05) is 5.56 Å². The molecule has 0 fully saturated rings. The molecule has 6 heteroatoms. The number of thiol groups is 1. The number of fused-ring (bicyclic) bond motifs is 1. The van der Waals surface area contributed by atoms with Gasteiger partial charge in [0.05, 0.1) is 4.70 Å². The molecule has 1 aromatic heterocycles. The maximum Gasteiger partial charge on any atom is 0.320 e. The van der Waals surface area contributed by atoms with Crippen LogP contribution < -0.4 is 0 Å². The van der Waals surface area contributed by atoms with Crippen molar-refractivity contribution in [2.24, 2.45) is 0 Å². The van der Waals surface area contributed by atoms with Gasteiger partial charge in [0.2, 0.25) is 0 Å². The molecule has 1 heterocycles. The van der Waals surface area contributed by atoms with E-state index in [4.69, 9.17) is 5.11 Å². The zero-order valence-electron chi connectivity index (χ0n) is 6.91. The Bertz CT molecular complexity index is 483. The summed E-state index contributed by atoms with van der Waals surface area (Å²) < 4.78 is 4.65. The van der Waals surface area contributed by atoms with Gasteiger partial charge in [0.15, 0.2) is 0 Å². The molecule has 14 heavy (non-hydrogen) atoms. The minimum absolute atomic E-state index is 0.590. The van der Waals surface area contributed by atoms with Gasteiger partial charge in [0.25, 0.3) is 0 Å². The van der Waals surface area contributed by atoms with Gasteiger partial charge in [-0.15, -0.1) is 5.10 Å². The molecule has 1 aromatic carbocycles. The molecule has 2 aromatic rings. The summed E-state index contributed by atoms with van der Waals surface area (Å²) in [5.74, 6) is -0.978. The molecule has 0 bridgehead atoms. The van der Waals surface area contributed by atoms with Gasteiger partial charge in [0.1, 0.15) is 10.8 Å². The number of hydrogen-bond acceptors (Lipinski definition) is 5. The van der Waals surface area contributed by atoms with Crippen molar-refractivity contribution in [2.45, 2.75) is 5.25 Å². The first-order valence-corrected chi connectivity index (χ1v) is 5.11. The fourth-order valence-corrected chi connectivity index (χ4v) is 1.98. The second-order valence-corrected chi connectivity index (χ2v) is 4.01. The molecule has 4 nitrogen and oxygen atoms in total. The van der Waals surface area contributed by atoms with Crippen LogP contribution in [0.1, 0.15) is 10.8 Å². The number of aromatic nitrogens is 2. The van der Waals surface area contributed by atoms with E-state index in [1.165, 1.54) is 11.5 Å². The van der Waals surface area contributed by atoms with Crippen molar-refractivity contribution in [1.29, 1.82) is 0 Å². The molecule has 1 N–H and O–H groups in total. The normalized spacial score (nSPS) is 12.9. The van der Waals surface area contributed by atoms with Crippen LogP contribution in [0, 0.1) is 0 Å². The fourth-order valence-electron chi connectivity index (χ4n) is 1.18. The Labute approximate surface area is 89.1 Å². The molecule has 1 atom stereocenters. The Kier molecular flexibility index (Phi) is 2.39. The molecule has 0 aliphatic heterocycles. The number of aliphatic carboxylic acids is 1. The van der Waals surface area contributed by atoms with Crippen molar-refractivity contribution in [1.82, 2.24) is 9.59 Å². The molecule has 0 aliphatic carbocycles. The third kappa shape index (κ3) is 1.46. The zero-order valence-corrected chi connectivity index (χ0v) is 8.63. The standard InChI is InChI=1S/C8H6N2O2S2/c11-8(12)7(13)4-2-1-3-5-6(4)9-10-14-5/h1-3,7,13H,(H,11,12). The van der Waals surface area contributed by atoms with Crippen molar-refractivity contribution in [2.75, 3.05) is 0 Å². The Morgan fingerprint density at radius 1 is 1.57 bits per heavy atom. The lowest BCUT2D eigenvalue weighted by molar-refractivity contribution is -0.136. The average molecular weight is 226 g/mol. The maximum atomic E-state index is 10.7. The minimum Gasteiger partial charge on any atom is -0.480 e. The largest absolute Gasteiger partial charge is 0.480 e. The SMILES string of the molecule is O=C(O)C(S)c1cccc2snnc12. The Balaban J connectivity index is 2.61. The molecule has 2 rings (SSSR count). The van der Waals surface area contributed by atoms with Gasteiger partial charge >= 0.3 is 5.97 Å². The Morgan fingerprint density at radius 3 is 3.07 bits per heavy atom. The van der Waals surface area contributed by atoms with Crippen LogP contribution in [0.5, 0.6) is 0 Å². The highest BCUT2D eigenvalue weighted by Crippen LogP contribution is 2.28. The van der Waals surface area contributed by atoms with Crippen molar-refractivity contribution < 1.29 is 9.90 Å². The van der Waals surface area contributed by atoms with E-state index < -0.39 is 11.2 Å². The van der Waals surface area contributed by atoms with Crippen LogP contribution in [0.4, 0.5) is 0 Å². The van der Waals surface area contributed by atoms with E-state index in [9.17, 15) is 4.79 Å². The summed E-state index contributed by atoms with van der Waals surface area (Å²) in [6.07, 6.45) is 0. The van der Waals surface area contributed by atoms with E-state index in [0.29, 0.717) is 11.1 Å². The first kappa shape index (κ1) is 9.42. The summed E-state index contributed by atoms with van der Waals surface area (Å²) in [7, 11) is 0. The summed E-state index contributed by atoms with van der Waals surface area (Å²) >= 11 is 5.25. The Morgan fingerprint density at radius 2 is 2.36 bits per heavy atom. The predicted octanol–water partition coefficient (Wildman–Crippen LogP) is 1.75. The molecule has 72 valence electrons. The van der Waals surface area contributed by atoms with Gasteiger partial charge in [-0.3, -0.25) is 4.79 Å². The van der Waals surface area contributed by atoms with Crippen LogP contribution in [-0.4, -0.2) is 20.7 Å². The molecule has 0 saturated carbocycles. The summed E-state index contributed by atoms with van der Waals surface area (Å²) in [5, 5.41) is 11.8. The van der Waals surface area contributed by atoms with Gasteiger partial charge < -0.3 is 5.11 Å². The molecule has 0 aliphatic rings. The minimum atomic E-state index is -0.978. The Hall–Kier alpha value is -1.14. The first-order chi connectivity index (χ1) is 6.70. The van der Waals surface area contributed by atoms with Crippen molar-refractivity contribution in [3.05, 3.63) is 23.8 Å².